The van der Waals surface area contributed by atoms with Crippen LogP contribution in [0.25, 0.3) is 0 Å². The number of nitrogens with zero attached hydrogens (tertiary/aromatic N) is 2. The van der Waals surface area contributed by atoms with Gasteiger partial charge in [-0.3, -0.25) is 9.59 Å². The van der Waals surface area contributed by atoms with Crippen molar-refractivity contribution in [1.82, 2.24) is 4.90 Å². The lowest BCUT2D eigenvalue weighted by molar-refractivity contribution is -0.133. The van der Waals surface area contributed by atoms with Crippen LogP contribution in [-0.2, 0) is 4.79 Å². The highest BCUT2D eigenvalue weighted by Gasteiger charge is 2.22. The summed E-state index contributed by atoms with van der Waals surface area (Å²) in [5.41, 5.74) is 2.75. The van der Waals surface area contributed by atoms with Crippen LogP contribution in [0.3, 0.4) is 0 Å². The van der Waals surface area contributed by atoms with Crippen molar-refractivity contribution < 1.29 is 19.1 Å². The lowest BCUT2D eigenvalue weighted by Gasteiger charge is -2.36. The first-order valence-electron chi connectivity index (χ1n) is 8.96. The van der Waals surface area contributed by atoms with Crippen molar-refractivity contribution in [2.45, 2.75) is 6.92 Å². The molecule has 6 nitrogen and oxygen atoms in total. The lowest BCUT2D eigenvalue weighted by atomic mass is 10.1. The number of hydrogen-bond donors (Lipinski definition) is 0. The molecule has 1 fully saturated rings. The third-order valence-corrected chi connectivity index (χ3v) is 4.80. The zero-order valence-corrected chi connectivity index (χ0v) is 15.7. The van der Waals surface area contributed by atoms with Crippen LogP contribution in [-0.4, -0.2) is 57.0 Å². The average Bonchev–Trinajstić information content (AvgIpc) is 2.72. The first kappa shape index (κ1) is 18.8. The molecule has 6 heteroatoms. The Kier molecular flexibility index (Phi) is 5.96. The van der Waals surface area contributed by atoms with Gasteiger partial charge in [0.15, 0.2) is 18.1 Å². The number of hydrogen-bond acceptors (Lipinski definition) is 5. The van der Waals surface area contributed by atoms with Gasteiger partial charge < -0.3 is 19.3 Å². The number of anilines is 1. The number of carbonyl (C=O) groups excluding carboxylic acids is 2. The van der Waals surface area contributed by atoms with E-state index in [9.17, 15) is 9.59 Å². The van der Waals surface area contributed by atoms with Crippen molar-refractivity contribution in [3.8, 4) is 11.5 Å². The van der Waals surface area contributed by atoms with Crippen LogP contribution in [0.15, 0.2) is 42.5 Å². The van der Waals surface area contributed by atoms with E-state index in [-0.39, 0.29) is 12.5 Å². The molecule has 0 aromatic heterocycles. The number of aryl methyl sites for hydroxylation is 1. The van der Waals surface area contributed by atoms with Gasteiger partial charge >= 0.3 is 0 Å². The zero-order chi connectivity index (χ0) is 19.2. The summed E-state index contributed by atoms with van der Waals surface area (Å²) in [6.07, 6.45) is 0.872. The molecule has 2 aromatic carbocycles. The van der Waals surface area contributed by atoms with Gasteiger partial charge in [0.25, 0.3) is 5.91 Å². The van der Waals surface area contributed by atoms with E-state index in [0.717, 1.165) is 30.6 Å². The van der Waals surface area contributed by atoms with Crippen molar-refractivity contribution in [2.75, 3.05) is 44.8 Å². The SMILES string of the molecule is COc1ccccc1OCC(=O)N1CCN(c2ccc(C=O)c(C)c2)CC1. The first-order valence-corrected chi connectivity index (χ1v) is 8.96. The maximum atomic E-state index is 12.5. The highest BCUT2D eigenvalue weighted by Crippen LogP contribution is 2.26. The molecule has 1 saturated heterocycles. The van der Waals surface area contributed by atoms with Gasteiger partial charge in [-0.25, -0.2) is 0 Å². The molecule has 0 bridgehead atoms. The summed E-state index contributed by atoms with van der Waals surface area (Å²) in [4.78, 5) is 27.5. The van der Waals surface area contributed by atoms with E-state index in [2.05, 4.69) is 4.90 Å². The molecular weight excluding hydrogens is 344 g/mol. The minimum absolute atomic E-state index is 0.00644. The average molecular weight is 368 g/mol. The second-order valence-electron chi connectivity index (χ2n) is 6.47. The fourth-order valence-corrected chi connectivity index (χ4v) is 3.17. The van der Waals surface area contributed by atoms with Crippen LogP contribution in [0.4, 0.5) is 5.69 Å². The standard InChI is InChI=1S/C21H24N2O4/c1-16-13-18(8-7-17(16)14-24)22-9-11-23(12-10-22)21(25)15-27-20-6-4-3-5-19(20)26-2/h3-8,13-14H,9-12,15H2,1-2H3. The lowest BCUT2D eigenvalue weighted by Crippen LogP contribution is -2.50. The Morgan fingerprint density at radius 1 is 1.07 bits per heavy atom. The molecule has 0 radical (unpaired) electrons. The zero-order valence-electron chi connectivity index (χ0n) is 15.7. The van der Waals surface area contributed by atoms with Gasteiger partial charge in [-0.05, 0) is 42.8 Å². The number of aldehydes is 1. The van der Waals surface area contributed by atoms with Crippen LogP contribution >= 0.6 is 0 Å². The highest BCUT2D eigenvalue weighted by molar-refractivity contribution is 5.79. The van der Waals surface area contributed by atoms with Crippen molar-refractivity contribution >= 4 is 17.9 Å². The smallest absolute Gasteiger partial charge is 0.260 e. The van der Waals surface area contributed by atoms with Crippen molar-refractivity contribution in [3.63, 3.8) is 0 Å². The van der Waals surface area contributed by atoms with Gasteiger partial charge in [0, 0.05) is 37.4 Å². The molecule has 1 aliphatic heterocycles. The summed E-state index contributed by atoms with van der Waals surface area (Å²) in [6, 6.07) is 13.1. The Labute approximate surface area is 159 Å². The highest BCUT2D eigenvalue weighted by atomic mass is 16.5. The van der Waals surface area contributed by atoms with Gasteiger partial charge in [-0.1, -0.05) is 12.1 Å². The van der Waals surface area contributed by atoms with Gasteiger partial charge in [0.2, 0.25) is 0 Å². The molecule has 27 heavy (non-hydrogen) atoms. The maximum Gasteiger partial charge on any atom is 0.260 e. The quantitative estimate of drug-likeness (QED) is 0.734. The largest absolute Gasteiger partial charge is 0.493 e. The van der Waals surface area contributed by atoms with Crippen LogP contribution in [0, 0.1) is 6.92 Å². The number of amides is 1. The Morgan fingerprint density at radius 3 is 2.41 bits per heavy atom. The minimum atomic E-state index is -0.0342. The van der Waals surface area contributed by atoms with E-state index < -0.39 is 0 Å². The molecule has 0 spiro atoms. The fraction of sp³-hybridized carbons (Fsp3) is 0.333. The van der Waals surface area contributed by atoms with Crippen molar-refractivity contribution in [1.29, 1.82) is 0 Å². The van der Waals surface area contributed by atoms with Crippen molar-refractivity contribution in [2.24, 2.45) is 0 Å². The monoisotopic (exact) mass is 368 g/mol. The summed E-state index contributed by atoms with van der Waals surface area (Å²) in [5.74, 6) is 1.15. The number of rotatable bonds is 6. The Morgan fingerprint density at radius 2 is 1.78 bits per heavy atom. The van der Waals surface area contributed by atoms with E-state index in [1.54, 1.807) is 19.2 Å². The van der Waals surface area contributed by atoms with E-state index >= 15 is 0 Å². The van der Waals surface area contributed by atoms with Crippen LogP contribution < -0.4 is 14.4 Å². The van der Waals surface area contributed by atoms with E-state index in [1.165, 1.54) is 0 Å². The first-order chi connectivity index (χ1) is 13.1. The maximum absolute atomic E-state index is 12.5. The predicted octanol–water partition coefficient (Wildman–Crippen LogP) is 2.54. The van der Waals surface area contributed by atoms with Crippen LogP contribution in [0.1, 0.15) is 15.9 Å². The van der Waals surface area contributed by atoms with Crippen molar-refractivity contribution in [3.05, 3.63) is 53.6 Å². The summed E-state index contributed by atoms with van der Waals surface area (Å²) in [7, 11) is 1.58. The van der Waals surface area contributed by atoms with Gasteiger partial charge in [-0.15, -0.1) is 0 Å². The molecule has 3 rings (SSSR count). The number of ether oxygens (including phenoxy) is 2. The third kappa shape index (κ3) is 4.39. The number of piperazine rings is 1. The Bertz CT molecular complexity index is 814. The summed E-state index contributed by atoms with van der Waals surface area (Å²) in [5, 5.41) is 0. The fourth-order valence-electron chi connectivity index (χ4n) is 3.17. The summed E-state index contributed by atoms with van der Waals surface area (Å²) >= 11 is 0. The second kappa shape index (κ2) is 8.58. The molecule has 1 amide bonds. The number of carbonyl (C=O) groups is 2. The van der Waals surface area contributed by atoms with E-state index in [0.29, 0.717) is 30.2 Å². The second-order valence-corrected chi connectivity index (χ2v) is 6.47. The number of para-hydroxylation sites is 2. The summed E-state index contributed by atoms with van der Waals surface area (Å²) in [6.45, 7) is 4.71. The van der Waals surface area contributed by atoms with Gasteiger partial charge in [-0.2, -0.15) is 0 Å². The molecule has 0 unspecified atom stereocenters. The molecule has 0 aliphatic carbocycles. The third-order valence-electron chi connectivity index (χ3n) is 4.80. The molecule has 0 atom stereocenters. The predicted molar refractivity (Wildman–Crippen MR) is 104 cm³/mol. The molecule has 0 saturated carbocycles. The Balaban J connectivity index is 1.53. The Hall–Kier alpha value is -3.02. The molecule has 142 valence electrons. The molecule has 1 aliphatic rings. The molecule has 0 N–H and O–H groups in total. The van der Waals surface area contributed by atoms with E-state index in [4.69, 9.17) is 9.47 Å². The topological polar surface area (TPSA) is 59.1 Å². The van der Waals surface area contributed by atoms with Gasteiger partial charge in [0.05, 0.1) is 7.11 Å². The summed E-state index contributed by atoms with van der Waals surface area (Å²) < 4.78 is 10.9. The van der Waals surface area contributed by atoms with E-state index in [1.807, 2.05) is 42.2 Å². The number of methoxy groups -OCH3 is 1. The molecule has 2 aromatic rings. The van der Waals surface area contributed by atoms with Crippen LogP contribution in [0.5, 0.6) is 11.5 Å². The molecular formula is C21H24N2O4. The normalized spacial score (nSPS) is 14.0. The minimum Gasteiger partial charge on any atom is -0.493 e. The molecule has 1 heterocycles. The number of benzene rings is 2. The van der Waals surface area contributed by atoms with Gasteiger partial charge in [0.1, 0.15) is 6.29 Å². The van der Waals surface area contributed by atoms with Crippen LogP contribution in [0.2, 0.25) is 0 Å².